The molecule has 0 bridgehead atoms. The third-order valence-electron chi connectivity index (χ3n) is 2.72. The first kappa shape index (κ1) is 14.5. The van der Waals surface area contributed by atoms with Gasteiger partial charge in [0.2, 0.25) is 0 Å². The molecule has 1 rings (SSSR count). The van der Waals surface area contributed by atoms with E-state index in [9.17, 15) is 9.90 Å². The van der Waals surface area contributed by atoms with Gasteiger partial charge in [-0.2, -0.15) is 0 Å². The maximum atomic E-state index is 11.4. The molecule has 1 aliphatic rings. The summed E-state index contributed by atoms with van der Waals surface area (Å²) in [5, 5.41) is 9.34. The summed E-state index contributed by atoms with van der Waals surface area (Å²) in [5.41, 5.74) is -0.425. The van der Waals surface area contributed by atoms with Crippen LogP contribution >= 0.6 is 0 Å². The molecule has 0 aromatic carbocycles. The highest BCUT2D eigenvalue weighted by Gasteiger charge is 2.20. The Morgan fingerprint density at radius 3 is 2.35 bits per heavy atom. The summed E-state index contributed by atoms with van der Waals surface area (Å²) < 4.78 is 10.8. The Morgan fingerprint density at radius 1 is 1.24 bits per heavy atom. The van der Waals surface area contributed by atoms with Crippen LogP contribution in [0.5, 0.6) is 0 Å². The van der Waals surface area contributed by atoms with Crippen molar-refractivity contribution in [2.75, 3.05) is 6.61 Å². The molecule has 0 heterocycles. The fourth-order valence-electron chi connectivity index (χ4n) is 1.91. The number of aliphatic hydroxyl groups excluding tert-OH is 1. The molecule has 0 atom stereocenters. The minimum Gasteiger partial charge on any atom is -0.460 e. The van der Waals surface area contributed by atoms with Gasteiger partial charge in [0.1, 0.15) is 5.60 Å². The lowest BCUT2D eigenvalue weighted by Crippen LogP contribution is -2.27. The maximum absolute atomic E-state index is 11.4. The molecule has 0 saturated heterocycles. The number of aliphatic hydroxyl groups is 1. The first-order valence-electron chi connectivity index (χ1n) is 6.38. The Kier molecular flexibility index (Phi) is 5.40. The van der Waals surface area contributed by atoms with E-state index in [-0.39, 0.29) is 18.2 Å². The fraction of sp³-hybridized carbons (Fsp3) is 0.923. The standard InChI is InChI=1S/C13H24O4/c1-13(2,3)17-12(15)8-9-16-11-6-4-10(14)5-7-11/h10-11,14H,4-9H2,1-3H3. The summed E-state index contributed by atoms with van der Waals surface area (Å²) >= 11 is 0. The second kappa shape index (κ2) is 6.36. The van der Waals surface area contributed by atoms with Crippen LogP contribution in [0.1, 0.15) is 52.9 Å². The van der Waals surface area contributed by atoms with Crippen molar-refractivity contribution < 1.29 is 19.4 Å². The van der Waals surface area contributed by atoms with Crippen LogP contribution < -0.4 is 0 Å². The molecule has 100 valence electrons. The van der Waals surface area contributed by atoms with Gasteiger partial charge < -0.3 is 14.6 Å². The maximum Gasteiger partial charge on any atom is 0.308 e. The van der Waals surface area contributed by atoms with Crippen LogP contribution in [0, 0.1) is 0 Å². The molecule has 1 N–H and O–H groups in total. The van der Waals surface area contributed by atoms with Crippen molar-refractivity contribution >= 4 is 5.97 Å². The van der Waals surface area contributed by atoms with Crippen molar-refractivity contribution in [2.45, 2.75) is 70.7 Å². The van der Waals surface area contributed by atoms with Crippen LogP contribution in [0.25, 0.3) is 0 Å². The Morgan fingerprint density at radius 2 is 1.82 bits per heavy atom. The monoisotopic (exact) mass is 244 g/mol. The van der Waals surface area contributed by atoms with Crippen molar-refractivity contribution in [3.8, 4) is 0 Å². The number of hydrogen-bond acceptors (Lipinski definition) is 4. The van der Waals surface area contributed by atoms with Gasteiger partial charge in [-0.15, -0.1) is 0 Å². The first-order chi connectivity index (χ1) is 7.87. The van der Waals surface area contributed by atoms with E-state index in [0.717, 1.165) is 25.7 Å². The number of esters is 1. The SMILES string of the molecule is CC(C)(C)OC(=O)CCOC1CCC(O)CC1. The van der Waals surface area contributed by atoms with Crippen LogP contribution in [0.4, 0.5) is 0 Å². The van der Waals surface area contributed by atoms with Crippen LogP contribution in [0.15, 0.2) is 0 Å². The molecule has 0 spiro atoms. The zero-order chi connectivity index (χ0) is 12.9. The molecule has 4 nitrogen and oxygen atoms in total. The largest absolute Gasteiger partial charge is 0.460 e. The zero-order valence-corrected chi connectivity index (χ0v) is 11.1. The normalized spacial score (nSPS) is 25.6. The second-order valence-electron chi connectivity index (χ2n) is 5.64. The summed E-state index contributed by atoms with van der Waals surface area (Å²) in [6.07, 6.45) is 3.71. The summed E-state index contributed by atoms with van der Waals surface area (Å²) in [6.45, 7) is 5.98. The molecule has 0 aromatic heterocycles. The predicted molar refractivity (Wildman–Crippen MR) is 64.7 cm³/mol. The van der Waals surface area contributed by atoms with Crippen molar-refractivity contribution in [1.82, 2.24) is 0 Å². The lowest BCUT2D eigenvalue weighted by Gasteiger charge is -2.25. The van der Waals surface area contributed by atoms with Gasteiger partial charge in [-0.25, -0.2) is 0 Å². The van der Waals surface area contributed by atoms with Crippen LogP contribution in [-0.4, -0.2) is 35.5 Å². The molecule has 1 aliphatic carbocycles. The molecule has 4 heteroatoms. The van der Waals surface area contributed by atoms with Gasteiger partial charge in [0.25, 0.3) is 0 Å². The Balaban J connectivity index is 2.09. The number of carbonyl (C=O) groups is 1. The minimum absolute atomic E-state index is 0.166. The van der Waals surface area contributed by atoms with E-state index in [1.54, 1.807) is 0 Å². The van der Waals surface area contributed by atoms with E-state index in [1.807, 2.05) is 20.8 Å². The first-order valence-corrected chi connectivity index (χ1v) is 6.38. The van der Waals surface area contributed by atoms with Crippen LogP contribution in [0.2, 0.25) is 0 Å². The van der Waals surface area contributed by atoms with Gasteiger partial charge in [-0.1, -0.05) is 0 Å². The Bertz CT molecular complexity index is 236. The summed E-state index contributed by atoms with van der Waals surface area (Å²) in [7, 11) is 0. The summed E-state index contributed by atoms with van der Waals surface area (Å²) in [6, 6.07) is 0. The average molecular weight is 244 g/mol. The van der Waals surface area contributed by atoms with E-state index in [4.69, 9.17) is 9.47 Å². The summed E-state index contributed by atoms with van der Waals surface area (Å²) in [5.74, 6) is -0.214. The second-order valence-corrected chi connectivity index (χ2v) is 5.64. The molecule has 17 heavy (non-hydrogen) atoms. The lowest BCUT2D eigenvalue weighted by atomic mass is 9.95. The molecule has 0 unspecified atom stereocenters. The van der Waals surface area contributed by atoms with Crippen molar-refractivity contribution in [3.05, 3.63) is 0 Å². The number of ether oxygens (including phenoxy) is 2. The summed E-state index contributed by atoms with van der Waals surface area (Å²) in [4.78, 5) is 11.4. The molecule has 0 aliphatic heterocycles. The highest BCUT2D eigenvalue weighted by Crippen LogP contribution is 2.21. The van der Waals surface area contributed by atoms with E-state index >= 15 is 0 Å². The van der Waals surface area contributed by atoms with Gasteiger partial charge in [-0.3, -0.25) is 4.79 Å². The molecule has 1 fully saturated rings. The van der Waals surface area contributed by atoms with Crippen molar-refractivity contribution in [3.63, 3.8) is 0 Å². The van der Waals surface area contributed by atoms with Crippen molar-refractivity contribution in [2.24, 2.45) is 0 Å². The topological polar surface area (TPSA) is 55.8 Å². The number of rotatable bonds is 4. The minimum atomic E-state index is -0.425. The Labute approximate surface area is 103 Å². The highest BCUT2D eigenvalue weighted by molar-refractivity contribution is 5.69. The molecule has 1 saturated carbocycles. The predicted octanol–water partition coefficient (Wildman–Crippen LogP) is 2.04. The third kappa shape index (κ3) is 6.64. The fourth-order valence-corrected chi connectivity index (χ4v) is 1.91. The molecule has 0 aromatic rings. The molecular formula is C13H24O4. The number of carbonyl (C=O) groups excluding carboxylic acids is 1. The number of hydrogen-bond donors (Lipinski definition) is 1. The van der Waals surface area contributed by atoms with Gasteiger partial charge in [0, 0.05) is 0 Å². The van der Waals surface area contributed by atoms with E-state index in [2.05, 4.69) is 0 Å². The van der Waals surface area contributed by atoms with Gasteiger partial charge >= 0.3 is 5.97 Å². The average Bonchev–Trinajstić information content (AvgIpc) is 2.18. The Hall–Kier alpha value is -0.610. The van der Waals surface area contributed by atoms with Gasteiger partial charge in [-0.05, 0) is 46.5 Å². The molecular weight excluding hydrogens is 220 g/mol. The van der Waals surface area contributed by atoms with Gasteiger partial charge in [0.05, 0.1) is 25.2 Å². The molecule has 0 radical (unpaired) electrons. The van der Waals surface area contributed by atoms with E-state index < -0.39 is 5.60 Å². The zero-order valence-electron chi connectivity index (χ0n) is 11.1. The third-order valence-corrected chi connectivity index (χ3v) is 2.72. The van der Waals surface area contributed by atoms with Crippen molar-refractivity contribution in [1.29, 1.82) is 0 Å². The molecule has 0 amide bonds. The van der Waals surface area contributed by atoms with E-state index in [0.29, 0.717) is 13.0 Å². The van der Waals surface area contributed by atoms with E-state index in [1.165, 1.54) is 0 Å². The van der Waals surface area contributed by atoms with Crippen LogP contribution in [-0.2, 0) is 14.3 Å². The van der Waals surface area contributed by atoms with Crippen LogP contribution in [0.3, 0.4) is 0 Å². The quantitative estimate of drug-likeness (QED) is 0.769. The highest BCUT2D eigenvalue weighted by atomic mass is 16.6. The van der Waals surface area contributed by atoms with Gasteiger partial charge in [0.15, 0.2) is 0 Å². The lowest BCUT2D eigenvalue weighted by molar-refractivity contribution is -0.156. The smallest absolute Gasteiger partial charge is 0.308 e.